The van der Waals surface area contributed by atoms with Gasteiger partial charge in [0.25, 0.3) is 0 Å². The third kappa shape index (κ3) is 4.63. The molecule has 0 atom stereocenters. The van der Waals surface area contributed by atoms with Gasteiger partial charge in [-0.15, -0.1) is 0 Å². The molecule has 0 heterocycles. The van der Waals surface area contributed by atoms with Crippen molar-refractivity contribution in [2.75, 3.05) is 41.7 Å². The lowest BCUT2D eigenvalue weighted by atomic mass is 10.1. The zero-order chi connectivity index (χ0) is 17.2. The molecule has 0 fully saturated rings. The Morgan fingerprint density at radius 2 is 1.78 bits per heavy atom. The number of benzene rings is 1. The van der Waals surface area contributed by atoms with Gasteiger partial charge in [-0.1, -0.05) is 0 Å². The topological polar surface area (TPSA) is 87.0 Å². The van der Waals surface area contributed by atoms with Gasteiger partial charge in [-0.2, -0.15) is 5.26 Å². The number of ether oxygens (including phenoxy) is 5. The van der Waals surface area contributed by atoms with Crippen LogP contribution in [0.1, 0.15) is 5.56 Å². The fourth-order valence-corrected chi connectivity index (χ4v) is 1.83. The highest BCUT2D eigenvalue weighted by Crippen LogP contribution is 2.40. The molecule has 0 aliphatic rings. The van der Waals surface area contributed by atoms with Crippen LogP contribution in [0, 0.1) is 11.3 Å². The lowest BCUT2D eigenvalue weighted by Crippen LogP contribution is -2.11. The predicted molar refractivity (Wildman–Crippen MR) is 82.5 cm³/mol. The van der Waals surface area contributed by atoms with E-state index < -0.39 is 5.97 Å². The zero-order valence-corrected chi connectivity index (χ0v) is 13.5. The molecule has 0 aliphatic heterocycles. The van der Waals surface area contributed by atoms with Crippen molar-refractivity contribution in [3.63, 3.8) is 0 Å². The van der Waals surface area contributed by atoms with Crippen molar-refractivity contribution in [3.05, 3.63) is 23.3 Å². The molecule has 0 saturated carbocycles. The standard InChI is InChI=1S/C16H19NO6/c1-19-7-8-23-16(18)12(10-17)9-11-5-6-13(20-2)15(22-4)14(11)21-3/h5-6,9H,7-8H2,1-4H3/b12-9-. The van der Waals surface area contributed by atoms with Crippen LogP contribution in [0.2, 0.25) is 0 Å². The summed E-state index contributed by atoms with van der Waals surface area (Å²) in [6.07, 6.45) is 1.37. The number of hydrogen-bond donors (Lipinski definition) is 0. The molecule has 0 aromatic heterocycles. The number of methoxy groups -OCH3 is 4. The molecule has 7 nitrogen and oxygen atoms in total. The molecule has 1 rings (SSSR count). The second-order valence-electron chi connectivity index (χ2n) is 4.22. The van der Waals surface area contributed by atoms with Crippen LogP contribution in [-0.4, -0.2) is 47.6 Å². The molecule has 0 saturated heterocycles. The maximum Gasteiger partial charge on any atom is 0.348 e. The fourth-order valence-electron chi connectivity index (χ4n) is 1.83. The lowest BCUT2D eigenvalue weighted by molar-refractivity contribution is -0.139. The number of carbonyl (C=O) groups excluding carboxylic acids is 1. The van der Waals surface area contributed by atoms with E-state index >= 15 is 0 Å². The summed E-state index contributed by atoms with van der Waals surface area (Å²) in [5, 5.41) is 9.16. The van der Waals surface area contributed by atoms with Gasteiger partial charge in [0.15, 0.2) is 11.5 Å². The van der Waals surface area contributed by atoms with E-state index in [0.717, 1.165) is 0 Å². The highest BCUT2D eigenvalue weighted by Gasteiger charge is 2.17. The van der Waals surface area contributed by atoms with Gasteiger partial charge < -0.3 is 23.7 Å². The average Bonchev–Trinajstić information content (AvgIpc) is 2.58. The molecular weight excluding hydrogens is 302 g/mol. The number of carbonyl (C=O) groups is 1. The van der Waals surface area contributed by atoms with Crippen LogP contribution in [0.4, 0.5) is 0 Å². The summed E-state index contributed by atoms with van der Waals surface area (Å²) >= 11 is 0. The predicted octanol–water partition coefficient (Wildman–Crippen LogP) is 1.81. The highest BCUT2D eigenvalue weighted by molar-refractivity contribution is 5.98. The van der Waals surface area contributed by atoms with Gasteiger partial charge in [0, 0.05) is 12.7 Å². The van der Waals surface area contributed by atoms with E-state index in [0.29, 0.717) is 22.8 Å². The fraction of sp³-hybridized carbons (Fsp3) is 0.375. The van der Waals surface area contributed by atoms with Crippen molar-refractivity contribution < 1.29 is 28.5 Å². The second-order valence-corrected chi connectivity index (χ2v) is 4.22. The van der Waals surface area contributed by atoms with Crippen molar-refractivity contribution in [2.45, 2.75) is 0 Å². The SMILES string of the molecule is COCCOC(=O)/C(C#N)=C\c1ccc(OC)c(OC)c1OC. The van der Waals surface area contributed by atoms with Gasteiger partial charge in [-0.05, 0) is 18.2 Å². The Hall–Kier alpha value is -2.72. The smallest absolute Gasteiger partial charge is 0.348 e. The molecule has 1 aromatic carbocycles. The Morgan fingerprint density at radius 3 is 2.30 bits per heavy atom. The van der Waals surface area contributed by atoms with E-state index in [1.54, 1.807) is 12.1 Å². The van der Waals surface area contributed by atoms with E-state index in [9.17, 15) is 4.79 Å². The first kappa shape index (κ1) is 18.3. The van der Waals surface area contributed by atoms with Crippen molar-refractivity contribution in [1.82, 2.24) is 0 Å². The molecule has 23 heavy (non-hydrogen) atoms. The van der Waals surface area contributed by atoms with Crippen molar-refractivity contribution >= 4 is 12.0 Å². The minimum atomic E-state index is -0.735. The summed E-state index contributed by atoms with van der Waals surface area (Å²) in [4.78, 5) is 11.9. The zero-order valence-electron chi connectivity index (χ0n) is 13.5. The Balaban J connectivity index is 3.18. The first-order valence-electron chi connectivity index (χ1n) is 6.69. The van der Waals surface area contributed by atoms with Crippen LogP contribution < -0.4 is 14.2 Å². The van der Waals surface area contributed by atoms with E-state index in [4.69, 9.17) is 28.9 Å². The molecule has 0 amide bonds. The Labute approximate surface area is 135 Å². The quantitative estimate of drug-likeness (QED) is 0.312. The summed E-state index contributed by atoms with van der Waals surface area (Å²) in [7, 11) is 5.92. The molecule has 0 unspecified atom stereocenters. The number of hydrogen-bond acceptors (Lipinski definition) is 7. The van der Waals surface area contributed by atoms with Crippen molar-refractivity contribution in [1.29, 1.82) is 5.26 Å². The van der Waals surface area contributed by atoms with Crippen LogP contribution in [0.5, 0.6) is 17.2 Å². The normalized spacial score (nSPS) is 10.7. The molecule has 0 N–H and O–H groups in total. The molecular formula is C16H19NO6. The molecule has 0 radical (unpaired) electrons. The summed E-state index contributed by atoms with van der Waals surface area (Å²) in [5.41, 5.74) is 0.331. The van der Waals surface area contributed by atoms with Crippen LogP contribution in [0.25, 0.3) is 6.08 Å². The summed E-state index contributed by atoms with van der Waals surface area (Å²) in [6, 6.07) is 5.12. The highest BCUT2D eigenvalue weighted by atomic mass is 16.6. The average molecular weight is 321 g/mol. The minimum Gasteiger partial charge on any atom is -0.493 e. The number of esters is 1. The molecule has 1 aromatic rings. The summed E-state index contributed by atoms with van der Waals surface area (Å²) in [6.45, 7) is 0.321. The second kappa shape index (κ2) is 9.33. The number of rotatable bonds is 8. The molecule has 124 valence electrons. The minimum absolute atomic E-state index is 0.0669. The van der Waals surface area contributed by atoms with Gasteiger partial charge in [-0.25, -0.2) is 4.79 Å². The van der Waals surface area contributed by atoms with E-state index in [-0.39, 0.29) is 18.8 Å². The van der Waals surface area contributed by atoms with Crippen LogP contribution in [-0.2, 0) is 14.3 Å². The third-order valence-corrected chi connectivity index (χ3v) is 2.90. The van der Waals surface area contributed by atoms with Crippen LogP contribution >= 0.6 is 0 Å². The van der Waals surface area contributed by atoms with Crippen LogP contribution in [0.3, 0.4) is 0 Å². The first-order valence-corrected chi connectivity index (χ1v) is 6.69. The number of nitrogens with zero attached hydrogens (tertiary/aromatic N) is 1. The summed E-state index contributed by atoms with van der Waals surface area (Å²) < 4.78 is 25.5. The van der Waals surface area contributed by atoms with Gasteiger partial charge in [0.1, 0.15) is 18.2 Å². The number of nitriles is 1. The Kier molecular flexibility index (Phi) is 7.43. The largest absolute Gasteiger partial charge is 0.493 e. The molecule has 0 spiro atoms. The third-order valence-electron chi connectivity index (χ3n) is 2.90. The molecule has 0 aliphatic carbocycles. The van der Waals surface area contributed by atoms with Gasteiger partial charge in [-0.3, -0.25) is 0 Å². The van der Waals surface area contributed by atoms with Crippen molar-refractivity contribution in [2.24, 2.45) is 0 Å². The van der Waals surface area contributed by atoms with E-state index in [1.807, 2.05) is 6.07 Å². The van der Waals surface area contributed by atoms with Gasteiger partial charge in [0.2, 0.25) is 5.75 Å². The molecule has 0 bridgehead atoms. The van der Waals surface area contributed by atoms with Crippen molar-refractivity contribution in [3.8, 4) is 23.3 Å². The van der Waals surface area contributed by atoms with Gasteiger partial charge in [0.05, 0.1) is 27.9 Å². The maximum atomic E-state index is 11.9. The van der Waals surface area contributed by atoms with Crippen LogP contribution in [0.15, 0.2) is 17.7 Å². The van der Waals surface area contributed by atoms with E-state index in [1.165, 1.54) is 34.5 Å². The monoisotopic (exact) mass is 321 g/mol. The summed E-state index contributed by atoms with van der Waals surface area (Å²) in [5.74, 6) is 0.460. The molecule has 7 heteroatoms. The maximum absolute atomic E-state index is 11.9. The Bertz CT molecular complexity index is 618. The lowest BCUT2D eigenvalue weighted by Gasteiger charge is -2.14. The first-order chi connectivity index (χ1) is 11.1. The Morgan fingerprint density at radius 1 is 1.09 bits per heavy atom. The van der Waals surface area contributed by atoms with Gasteiger partial charge >= 0.3 is 5.97 Å². The van der Waals surface area contributed by atoms with E-state index in [2.05, 4.69) is 0 Å².